The van der Waals surface area contributed by atoms with E-state index in [9.17, 15) is 18.1 Å². The third kappa shape index (κ3) is 4.70. The van der Waals surface area contributed by atoms with Crippen LogP contribution in [0.4, 0.5) is 11.4 Å². The Morgan fingerprint density at radius 2 is 1.83 bits per heavy atom. The molecule has 12 heteroatoms. The van der Waals surface area contributed by atoms with E-state index < -0.39 is 15.0 Å². The number of phenols is 1. The Kier molecular flexibility index (Phi) is 6.55. The van der Waals surface area contributed by atoms with Gasteiger partial charge in [-0.25, -0.2) is 5.26 Å². The van der Waals surface area contributed by atoms with Crippen molar-refractivity contribution in [2.75, 3.05) is 7.11 Å². The average Bonchev–Trinajstić information content (AvgIpc) is 2.70. The van der Waals surface area contributed by atoms with Gasteiger partial charge in [0.2, 0.25) is 0 Å². The summed E-state index contributed by atoms with van der Waals surface area (Å²) in [4.78, 5) is -0.295. The van der Waals surface area contributed by atoms with Crippen LogP contribution in [-0.4, -0.2) is 30.4 Å². The molecule has 3 aromatic carbocycles. The summed E-state index contributed by atoms with van der Waals surface area (Å²) in [5.41, 5.74) is 0.699. The Labute approximate surface area is 175 Å². The summed E-state index contributed by atoms with van der Waals surface area (Å²) < 4.78 is 42.3. The second-order valence-electron chi connectivity index (χ2n) is 6.03. The molecule has 10 nitrogen and oxygen atoms in total. The molecular formula is C18H16N2O8S2. The molecule has 30 heavy (non-hydrogen) atoms. The van der Waals surface area contributed by atoms with Crippen LogP contribution < -0.4 is 4.74 Å². The molecule has 0 aromatic heterocycles. The largest absolute Gasteiger partial charge is 0.505 e. The van der Waals surface area contributed by atoms with Crippen LogP contribution in [0.2, 0.25) is 0 Å². The summed E-state index contributed by atoms with van der Waals surface area (Å²) in [5, 5.41) is 31.7. The van der Waals surface area contributed by atoms with Crippen LogP contribution in [0.1, 0.15) is 5.56 Å². The van der Waals surface area contributed by atoms with E-state index in [1.807, 2.05) is 13.0 Å². The number of azo groups is 1. The lowest BCUT2D eigenvalue weighted by atomic mass is 10.1. The average molecular weight is 452 g/mol. The van der Waals surface area contributed by atoms with Gasteiger partial charge >= 0.3 is 0 Å². The first-order valence-corrected chi connectivity index (χ1v) is 10.4. The van der Waals surface area contributed by atoms with Crippen molar-refractivity contribution in [3.05, 3.63) is 48.0 Å². The van der Waals surface area contributed by atoms with Crippen molar-refractivity contribution < 1.29 is 37.4 Å². The highest BCUT2D eigenvalue weighted by molar-refractivity contribution is 7.94. The van der Waals surface area contributed by atoms with Crippen molar-refractivity contribution in [1.82, 2.24) is 0 Å². The van der Waals surface area contributed by atoms with Gasteiger partial charge in [-0.2, -0.15) is 8.42 Å². The summed E-state index contributed by atoms with van der Waals surface area (Å²) in [6.07, 6.45) is 0. The normalized spacial score (nSPS) is 12.0. The number of benzene rings is 3. The standard InChI is InChI=1S/C18H16N2O8S2/c1-10-3-5-13-11(7-10)8-15(29-28-27-22)17(18(13)21)20-19-14-6-4-12(26-2)9-16(14)30(23,24)25/h3-9,21-22H,1-2H3,(H,23,24,25). The van der Waals surface area contributed by atoms with Gasteiger partial charge in [-0.1, -0.05) is 28.8 Å². The molecule has 3 N–H and O–H groups in total. The van der Waals surface area contributed by atoms with Crippen molar-refractivity contribution >= 4 is 44.3 Å². The Morgan fingerprint density at radius 3 is 2.50 bits per heavy atom. The van der Waals surface area contributed by atoms with Gasteiger partial charge in [0.15, 0.2) is 5.75 Å². The first-order chi connectivity index (χ1) is 14.2. The topological polar surface area (TPSA) is 147 Å². The zero-order valence-electron chi connectivity index (χ0n) is 15.6. The molecule has 0 radical (unpaired) electrons. The molecule has 0 saturated heterocycles. The van der Waals surface area contributed by atoms with Gasteiger partial charge < -0.3 is 9.84 Å². The predicted molar refractivity (Wildman–Crippen MR) is 108 cm³/mol. The number of aromatic hydroxyl groups is 1. The van der Waals surface area contributed by atoms with Gasteiger partial charge in [0.1, 0.15) is 22.0 Å². The third-order valence-electron chi connectivity index (χ3n) is 4.06. The minimum Gasteiger partial charge on any atom is -0.505 e. The molecule has 0 aliphatic carbocycles. The fraction of sp³-hybridized carbons (Fsp3) is 0.111. The van der Waals surface area contributed by atoms with Crippen LogP contribution in [0.25, 0.3) is 10.8 Å². The lowest BCUT2D eigenvalue weighted by Crippen LogP contribution is -1.99. The van der Waals surface area contributed by atoms with Gasteiger partial charge in [0.25, 0.3) is 10.1 Å². The zero-order valence-corrected chi connectivity index (χ0v) is 17.3. The number of hydrogen-bond donors (Lipinski definition) is 3. The van der Waals surface area contributed by atoms with E-state index >= 15 is 0 Å². The molecular weight excluding hydrogens is 436 g/mol. The summed E-state index contributed by atoms with van der Waals surface area (Å²) in [6, 6.07) is 10.7. The summed E-state index contributed by atoms with van der Waals surface area (Å²) in [7, 11) is -3.28. The quantitative estimate of drug-likeness (QED) is 0.149. The summed E-state index contributed by atoms with van der Waals surface area (Å²) in [6.45, 7) is 1.88. The smallest absolute Gasteiger partial charge is 0.296 e. The van der Waals surface area contributed by atoms with E-state index in [1.165, 1.54) is 19.2 Å². The number of phenolic OH excluding ortho intramolecular Hbond substituents is 1. The Balaban J connectivity index is 2.16. The van der Waals surface area contributed by atoms with E-state index in [2.05, 4.69) is 19.6 Å². The van der Waals surface area contributed by atoms with Gasteiger partial charge in [0, 0.05) is 11.5 Å². The molecule has 0 unspecified atom stereocenters. The maximum Gasteiger partial charge on any atom is 0.296 e. The summed E-state index contributed by atoms with van der Waals surface area (Å²) in [5.74, 6) is -0.0579. The number of nitrogens with zero attached hydrogens (tertiary/aromatic N) is 2. The molecule has 158 valence electrons. The van der Waals surface area contributed by atoms with Crippen molar-refractivity contribution in [2.45, 2.75) is 16.7 Å². The maximum atomic E-state index is 11.7. The number of fused-ring (bicyclic) bond motifs is 1. The highest BCUT2D eigenvalue weighted by Gasteiger charge is 2.19. The molecule has 0 fully saturated rings. The molecule has 0 spiro atoms. The second kappa shape index (κ2) is 8.95. The number of methoxy groups -OCH3 is 1. The number of rotatable bonds is 7. The van der Waals surface area contributed by atoms with Crippen LogP contribution in [-0.2, 0) is 19.5 Å². The van der Waals surface area contributed by atoms with E-state index in [1.54, 1.807) is 18.2 Å². The molecule has 0 saturated carbocycles. The number of aryl methyl sites for hydroxylation is 1. The van der Waals surface area contributed by atoms with Crippen LogP contribution in [0.15, 0.2) is 62.5 Å². The molecule has 0 heterocycles. The van der Waals surface area contributed by atoms with Crippen molar-refractivity contribution in [3.63, 3.8) is 0 Å². The molecule has 0 aliphatic rings. The predicted octanol–water partition coefficient (Wildman–Crippen LogP) is 4.95. The Morgan fingerprint density at radius 1 is 1.07 bits per heavy atom. The first-order valence-electron chi connectivity index (χ1n) is 8.23. The molecule has 0 bridgehead atoms. The van der Waals surface area contributed by atoms with E-state index in [-0.39, 0.29) is 27.8 Å². The van der Waals surface area contributed by atoms with E-state index in [4.69, 9.17) is 9.99 Å². The number of ether oxygens (including phenoxy) is 1. The van der Waals surface area contributed by atoms with E-state index in [0.29, 0.717) is 22.8 Å². The Bertz CT molecular complexity index is 1230. The minimum absolute atomic E-state index is 0.0643. The second-order valence-corrected chi connectivity index (χ2v) is 8.16. The zero-order chi connectivity index (χ0) is 21.9. The fourth-order valence-corrected chi connectivity index (χ4v) is 3.83. The minimum atomic E-state index is -4.62. The molecule has 3 rings (SSSR count). The highest BCUT2D eigenvalue weighted by Crippen LogP contribution is 2.44. The van der Waals surface area contributed by atoms with Crippen LogP contribution in [0.3, 0.4) is 0 Å². The van der Waals surface area contributed by atoms with Crippen LogP contribution >= 0.6 is 12.0 Å². The molecule has 0 atom stereocenters. The SMILES string of the molecule is COc1ccc(N=Nc2c(SOOO)cc3cc(C)ccc3c2O)c(S(=O)(=O)O)c1. The van der Waals surface area contributed by atoms with E-state index in [0.717, 1.165) is 11.6 Å². The fourth-order valence-electron chi connectivity index (χ4n) is 2.70. The third-order valence-corrected chi connectivity index (χ3v) is 5.57. The van der Waals surface area contributed by atoms with Crippen molar-refractivity contribution in [2.24, 2.45) is 10.2 Å². The van der Waals surface area contributed by atoms with Crippen LogP contribution in [0.5, 0.6) is 11.5 Å². The monoisotopic (exact) mass is 452 g/mol. The first kappa shape index (κ1) is 22.0. The molecule has 0 amide bonds. The van der Waals surface area contributed by atoms with Crippen molar-refractivity contribution in [3.8, 4) is 11.5 Å². The van der Waals surface area contributed by atoms with Gasteiger partial charge in [-0.3, -0.25) is 4.55 Å². The van der Waals surface area contributed by atoms with Crippen molar-refractivity contribution in [1.29, 1.82) is 0 Å². The summed E-state index contributed by atoms with van der Waals surface area (Å²) >= 11 is 0.559. The maximum absolute atomic E-state index is 11.7. The van der Waals surface area contributed by atoms with Gasteiger partial charge in [-0.05, 0) is 30.5 Å². The highest BCUT2D eigenvalue weighted by atomic mass is 32.2. The van der Waals surface area contributed by atoms with Crippen LogP contribution in [0, 0.1) is 6.92 Å². The lowest BCUT2D eigenvalue weighted by Gasteiger charge is -2.10. The van der Waals surface area contributed by atoms with Gasteiger partial charge in [0.05, 0.1) is 24.0 Å². The van der Waals surface area contributed by atoms with Gasteiger partial charge in [-0.15, -0.1) is 14.6 Å². The molecule has 3 aromatic rings. The Hall–Kier alpha value is -2.74. The number of hydrogen-bond acceptors (Lipinski definition) is 10. The lowest BCUT2D eigenvalue weighted by molar-refractivity contribution is -0.432. The molecule has 0 aliphatic heterocycles.